The highest BCUT2D eigenvalue weighted by molar-refractivity contribution is 7.92. The number of nitrogens with one attached hydrogen (secondary N) is 1. The molecule has 0 saturated heterocycles. The molecule has 0 bridgehead atoms. The molecule has 0 aliphatic carbocycles. The van der Waals surface area contributed by atoms with Gasteiger partial charge in [-0.2, -0.15) is 0 Å². The third-order valence-corrected chi connectivity index (χ3v) is 3.78. The summed E-state index contributed by atoms with van der Waals surface area (Å²) in [6.07, 6.45) is 0.102. The van der Waals surface area contributed by atoms with Gasteiger partial charge in [0.05, 0.1) is 0 Å². The van der Waals surface area contributed by atoms with Crippen molar-refractivity contribution in [1.82, 2.24) is 0 Å². The Morgan fingerprint density at radius 1 is 1.57 bits per heavy atom. The first-order valence-corrected chi connectivity index (χ1v) is 6.37. The molecular formula is C8H18N2O3S. The van der Waals surface area contributed by atoms with E-state index < -0.39 is 21.7 Å². The Morgan fingerprint density at radius 3 is 2.43 bits per heavy atom. The minimum Gasteiger partial charge on any atom is -0.480 e. The van der Waals surface area contributed by atoms with E-state index in [4.69, 9.17) is 15.6 Å². The van der Waals surface area contributed by atoms with E-state index in [-0.39, 0.29) is 18.1 Å². The van der Waals surface area contributed by atoms with Crippen molar-refractivity contribution in [2.75, 3.05) is 11.5 Å². The van der Waals surface area contributed by atoms with E-state index in [1.807, 2.05) is 13.8 Å². The second-order valence-corrected chi connectivity index (χ2v) is 6.18. The maximum atomic E-state index is 11.5. The Hall–Kier alpha value is -0.620. The average molecular weight is 222 g/mol. The highest BCUT2D eigenvalue weighted by Gasteiger charge is 2.16. The Morgan fingerprint density at radius 2 is 2.07 bits per heavy atom. The first-order chi connectivity index (χ1) is 6.24. The maximum absolute atomic E-state index is 11.5. The van der Waals surface area contributed by atoms with Gasteiger partial charge in [0.15, 0.2) is 0 Å². The number of rotatable bonds is 6. The molecule has 0 aliphatic rings. The lowest BCUT2D eigenvalue weighted by Crippen LogP contribution is -2.32. The van der Waals surface area contributed by atoms with Crippen molar-refractivity contribution in [3.63, 3.8) is 0 Å². The molecule has 0 aromatic rings. The minimum atomic E-state index is -2.65. The molecule has 5 nitrogen and oxygen atoms in total. The Balaban J connectivity index is 4.06. The van der Waals surface area contributed by atoms with Crippen LogP contribution in [0.25, 0.3) is 0 Å². The van der Waals surface area contributed by atoms with Crippen molar-refractivity contribution in [1.29, 1.82) is 4.78 Å². The van der Waals surface area contributed by atoms with Crippen molar-refractivity contribution < 1.29 is 14.1 Å². The molecule has 0 spiro atoms. The largest absolute Gasteiger partial charge is 0.480 e. The second kappa shape index (κ2) is 5.31. The highest BCUT2D eigenvalue weighted by atomic mass is 32.2. The van der Waals surface area contributed by atoms with Gasteiger partial charge in [-0.25, -0.2) is 4.21 Å². The number of nitrogens with two attached hydrogens (primary N) is 1. The van der Waals surface area contributed by atoms with Crippen molar-refractivity contribution in [2.24, 2.45) is 11.7 Å². The lowest BCUT2D eigenvalue weighted by Gasteiger charge is -2.11. The van der Waals surface area contributed by atoms with Gasteiger partial charge in [0.1, 0.15) is 6.04 Å². The van der Waals surface area contributed by atoms with Gasteiger partial charge in [0, 0.05) is 21.2 Å². The summed E-state index contributed by atoms with van der Waals surface area (Å²) in [5, 5.41) is 8.48. The molecule has 0 radical (unpaired) electrons. The predicted molar refractivity (Wildman–Crippen MR) is 55.7 cm³/mol. The first kappa shape index (κ1) is 13.4. The number of aliphatic carboxylic acids is 1. The fourth-order valence-electron chi connectivity index (χ4n) is 1.06. The van der Waals surface area contributed by atoms with E-state index in [2.05, 4.69) is 0 Å². The van der Waals surface area contributed by atoms with Crippen LogP contribution >= 0.6 is 0 Å². The van der Waals surface area contributed by atoms with Crippen LogP contribution in [0.4, 0.5) is 0 Å². The molecule has 0 heterocycles. The van der Waals surface area contributed by atoms with Crippen LogP contribution in [-0.4, -0.2) is 32.8 Å². The second-order valence-electron chi connectivity index (χ2n) is 3.81. The molecular weight excluding hydrogens is 204 g/mol. The molecule has 84 valence electrons. The van der Waals surface area contributed by atoms with Crippen LogP contribution in [0, 0.1) is 10.7 Å². The zero-order valence-corrected chi connectivity index (χ0v) is 9.34. The van der Waals surface area contributed by atoms with E-state index in [9.17, 15) is 9.00 Å². The average Bonchev–Trinajstić information content (AvgIpc) is 1.97. The topological polar surface area (TPSA) is 104 Å². The summed E-state index contributed by atoms with van der Waals surface area (Å²) in [7, 11) is -2.65. The first-order valence-electron chi connectivity index (χ1n) is 4.47. The van der Waals surface area contributed by atoms with Crippen LogP contribution in [0.15, 0.2) is 0 Å². The summed E-state index contributed by atoms with van der Waals surface area (Å²) < 4.78 is 19.0. The van der Waals surface area contributed by atoms with Crippen LogP contribution in [0.3, 0.4) is 0 Å². The number of carbonyl (C=O) groups is 1. The van der Waals surface area contributed by atoms with Crippen LogP contribution < -0.4 is 5.73 Å². The van der Waals surface area contributed by atoms with Crippen LogP contribution in [0.2, 0.25) is 0 Å². The van der Waals surface area contributed by atoms with E-state index in [1.165, 1.54) is 0 Å². The summed E-state index contributed by atoms with van der Waals surface area (Å²) in [5.41, 5.74) is 5.25. The van der Waals surface area contributed by atoms with Gasteiger partial charge in [-0.15, -0.1) is 0 Å². The molecule has 0 amide bonds. The monoisotopic (exact) mass is 222 g/mol. The van der Waals surface area contributed by atoms with Crippen LogP contribution in [0.1, 0.15) is 20.3 Å². The zero-order valence-electron chi connectivity index (χ0n) is 8.53. The molecule has 6 heteroatoms. The summed E-state index contributed by atoms with van der Waals surface area (Å²) >= 11 is 0. The SMILES string of the molecule is CC(C)CS(=N)(=O)CC[C@H](N)C(=O)O. The summed E-state index contributed by atoms with van der Waals surface area (Å²) in [5.74, 6) is -0.552. The molecule has 2 atom stereocenters. The molecule has 0 rings (SSSR count). The van der Waals surface area contributed by atoms with Crippen molar-refractivity contribution in [3.8, 4) is 0 Å². The smallest absolute Gasteiger partial charge is 0.320 e. The number of carboxylic acid groups (broad SMARTS) is 1. The Bertz CT molecular complexity index is 285. The Labute approximate surface area is 84.7 Å². The molecule has 14 heavy (non-hydrogen) atoms. The molecule has 0 aromatic carbocycles. The van der Waals surface area contributed by atoms with Crippen LogP contribution in [0.5, 0.6) is 0 Å². The fraction of sp³-hybridized carbons (Fsp3) is 0.875. The molecule has 0 saturated carbocycles. The van der Waals surface area contributed by atoms with E-state index in [0.717, 1.165) is 0 Å². The standard InChI is InChI=1S/C8H18N2O3S/c1-6(2)5-14(10,13)4-3-7(9)8(11)12/h6-7,10H,3-5,9H2,1-2H3,(H,11,12)/t7-,14?/m0/s1. The zero-order chi connectivity index (χ0) is 11.4. The molecule has 0 fully saturated rings. The van der Waals surface area contributed by atoms with Gasteiger partial charge in [-0.3, -0.25) is 9.57 Å². The van der Waals surface area contributed by atoms with Gasteiger partial charge in [-0.05, 0) is 12.3 Å². The summed E-state index contributed by atoms with van der Waals surface area (Å²) in [6, 6.07) is -1.01. The third-order valence-electron chi connectivity index (χ3n) is 1.68. The lowest BCUT2D eigenvalue weighted by molar-refractivity contribution is -0.138. The molecule has 4 N–H and O–H groups in total. The van der Waals surface area contributed by atoms with E-state index in [1.54, 1.807) is 0 Å². The highest BCUT2D eigenvalue weighted by Crippen LogP contribution is 2.04. The fourth-order valence-corrected chi connectivity index (χ4v) is 2.94. The van der Waals surface area contributed by atoms with Gasteiger partial charge in [-0.1, -0.05) is 13.8 Å². The van der Waals surface area contributed by atoms with Crippen molar-refractivity contribution in [2.45, 2.75) is 26.3 Å². The van der Waals surface area contributed by atoms with Gasteiger partial charge >= 0.3 is 5.97 Å². The van der Waals surface area contributed by atoms with E-state index >= 15 is 0 Å². The molecule has 0 aromatic heterocycles. The lowest BCUT2D eigenvalue weighted by atomic mass is 10.2. The maximum Gasteiger partial charge on any atom is 0.320 e. The summed E-state index contributed by atoms with van der Waals surface area (Å²) in [6.45, 7) is 3.76. The number of carboxylic acids is 1. The Kier molecular flexibility index (Phi) is 5.07. The van der Waals surface area contributed by atoms with Gasteiger partial charge in [0.2, 0.25) is 0 Å². The van der Waals surface area contributed by atoms with Crippen molar-refractivity contribution >= 4 is 15.7 Å². The number of hydrogen-bond acceptors (Lipinski definition) is 4. The van der Waals surface area contributed by atoms with Gasteiger partial charge < -0.3 is 10.8 Å². The minimum absolute atomic E-state index is 0.0681. The third kappa shape index (κ3) is 5.93. The number of hydrogen-bond donors (Lipinski definition) is 3. The molecule has 0 aliphatic heterocycles. The van der Waals surface area contributed by atoms with Crippen molar-refractivity contribution in [3.05, 3.63) is 0 Å². The predicted octanol–water partition coefficient (Wildman–Crippen LogP) is 0.491. The normalized spacial score (nSPS) is 17.7. The van der Waals surface area contributed by atoms with Gasteiger partial charge in [0.25, 0.3) is 0 Å². The van der Waals surface area contributed by atoms with Crippen LogP contribution in [-0.2, 0) is 14.5 Å². The summed E-state index contributed by atoms with van der Waals surface area (Å²) in [4.78, 5) is 10.4. The van der Waals surface area contributed by atoms with E-state index in [0.29, 0.717) is 5.75 Å². The molecule has 1 unspecified atom stereocenters. The quantitative estimate of drug-likeness (QED) is 0.608.